The average Bonchev–Trinajstić information content (AvgIpc) is 2.49. The highest BCUT2D eigenvalue weighted by Crippen LogP contribution is 2.21. The molecule has 2 rings (SSSR count). The van der Waals surface area contributed by atoms with Crippen LogP contribution in [0.3, 0.4) is 0 Å². The van der Waals surface area contributed by atoms with Crippen molar-refractivity contribution in [3.05, 3.63) is 23.8 Å². The minimum atomic E-state index is 0.109. The number of nitrogens with two attached hydrogens (primary N) is 1. The van der Waals surface area contributed by atoms with Gasteiger partial charge in [0.05, 0.1) is 5.69 Å². The number of nitrogens with one attached hydrogen (secondary N) is 1. The summed E-state index contributed by atoms with van der Waals surface area (Å²) in [6, 6.07) is 5.23. The molecule has 0 aliphatic carbocycles. The molecule has 5 nitrogen and oxygen atoms in total. The molecule has 0 bridgehead atoms. The quantitative estimate of drug-likeness (QED) is 0.509. The number of nitrogens with zero attached hydrogens (tertiary/aromatic N) is 1. The van der Waals surface area contributed by atoms with Crippen molar-refractivity contribution in [1.29, 1.82) is 0 Å². The summed E-state index contributed by atoms with van der Waals surface area (Å²) in [5.41, 5.74) is 7.09. The SMILES string of the molecule is Nc1cc(CN2CCNC(=O)CC2)ccc1O. The molecule has 92 valence electrons. The molecule has 0 radical (unpaired) electrons. The molecule has 1 heterocycles. The van der Waals surface area contributed by atoms with Crippen LogP contribution in [0.15, 0.2) is 18.2 Å². The lowest BCUT2D eigenvalue weighted by atomic mass is 10.1. The zero-order valence-corrected chi connectivity index (χ0v) is 9.65. The zero-order chi connectivity index (χ0) is 12.3. The van der Waals surface area contributed by atoms with E-state index in [0.29, 0.717) is 18.7 Å². The van der Waals surface area contributed by atoms with Gasteiger partial charge in [-0.25, -0.2) is 0 Å². The molecule has 1 aliphatic rings. The Labute approximate surface area is 100 Å². The van der Waals surface area contributed by atoms with E-state index >= 15 is 0 Å². The number of carbonyl (C=O) groups excluding carboxylic acids is 1. The van der Waals surface area contributed by atoms with Gasteiger partial charge in [-0.05, 0) is 17.7 Å². The monoisotopic (exact) mass is 235 g/mol. The Morgan fingerprint density at radius 1 is 1.41 bits per heavy atom. The predicted octanol–water partition coefficient (Wildman–Crippen LogP) is 0.296. The van der Waals surface area contributed by atoms with Crippen LogP contribution in [0.4, 0.5) is 5.69 Å². The summed E-state index contributed by atoms with van der Waals surface area (Å²) in [7, 11) is 0. The summed E-state index contributed by atoms with van der Waals surface area (Å²) in [6.07, 6.45) is 0.535. The Morgan fingerprint density at radius 2 is 2.24 bits per heavy atom. The Morgan fingerprint density at radius 3 is 3.00 bits per heavy atom. The first-order chi connectivity index (χ1) is 8.15. The molecule has 1 aromatic rings. The summed E-state index contributed by atoms with van der Waals surface area (Å²) in [6.45, 7) is 3.03. The summed E-state index contributed by atoms with van der Waals surface area (Å²) >= 11 is 0. The minimum absolute atomic E-state index is 0.109. The van der Waals surface area contributed by atoms with Crippen LogP contribution in [-0.4, -0.2) is 35.5 Å². The van der Waals surface area contributed by atoms with Gasteiger partial charge in [0.15, 0.2) is 0 Å². The van der Waals surface area contributed by atoms with Gasteiger partial charge >= 0.3 is 0 Å². The number of rotatable bonds is 2. The van der Waals surface area contributed by atoms with Gasteiger partial charge in [-0.15, -0.1) is 0 Å². The third kappa shape index (κ3) is 3.10. The number of phenols is 1. The number of carbonyl (C=O) groups is 1. The highest BCUT2D eigenvalue weighted by Gasteiger charge is 2.13. The van der Waals surface area contributed by atoms with Crippen molar-refractivity contribution in [3.8, 4) is 5.75 Å². The van der Waals surface area contributed by atoms with Crippen LogP contribution in [0.1, 0.15) is 12.0 Å². The normalized spacial score (nSPS) is 17.5. The van der Waals surface area contributed by atoms with Gasteiger partial charge in [-0.1, -0.05) is 6.07 Å². The van der Waals surface area contributed by atoms with Crippen molar-refractivity contribution in [2.45, 2.75) is 13.0 Å². The molecule has 0 aromatic heterocycles. The molecule has 4 N–H and O–H groups in total. The Balaban J connectivity index is 1.99. The number of hydrogen-bond donors (Lipinski definition) is 3. The van der Waals surface area contributed by atoms with Crippen LogP contribution in [-0.2, 0) is 11.3 Å². The maximum absolute atomic E-state index is 11.2. The summed E-state index contributed by atoms with van der Waals surface area (Å²) in [5, 5.41) is 12.2. The van der Waals surface area contributed by atoms with Gasteiger partial charge in [0.25, 0.3) is 0 Å². The van der Waals surface area contributed by atoms with Crippen LogP contribution < -0.4 is 11.1 Å². The second-order valence-electron chi connectivity index (χ2n) is 4.27. The Kier molecular flexibility index (Phi) is 3.49. The lowest BCUT2D eigenvalue weighted by Crippen LogP contribution is -2.28. The molecule has 1 fully saturated rings. The first kappa shape index (κ1) is 11.7. The molecule has 1 aromatic carbocycles. The molecule has 1 aliphatic heterocycles. The maximum Gasteiger partial charge on any atom is 0.221 e. The van der Waals surface area contributed by atoms with E-state index in [-0.39, 0.29) is 11.7 Å². The largest absolute Gasteiger partial charge is 0.506 e. The third-order valence-electron chi connectivity index (χ3n) is 2.90. The maximum atomic E-state index is 11.2. The molecule has 0 saturated carbocycles. The van der Waals surface area contributed by atoms with Crippen molar-refractivity contribution < 1.29 is 9.90 Å². The fourth-order valence-electron chi connectivity index (χ4n) is 1.93. The average molecular weight is 235 g/mol. The summed E-state index contributed by atoms with van der Waals surface area (Å²) in [4.78, 5) is 13.4. The molecule has 1 amide bonds. The van der Waals surface area contributed by atoms with E-state index in [9.17, 15) is 9.90 Å². The van der Waals surface area contributed by atoms with Crippen LogP contribution in [0.5, 0.6) is 5.75 Å². The van der Waals surface area contributed by atoms with Crippen molar-refractivity contribution in [1.82, 2.24) is 10.2 Å². The van der Waals surface area contributed by atoms with Crippen molar-refractivity contribution in [3.63, 3.8) is 0 Å². The van der Waals surface area contributed by atoms with Crippen LogP contribution in [0.2, 0.25) is 0 Å². The zero-order valence-electron chi connectivity index (χ0n) is 9.65. The Hall–Kier alpha value is -1.75. The van der Waals surface area contributed by atoms with E-state index in [0.717, 1.165) is 25.2 Å². The van der Waals surface area contributed by atoms with Crippen molar-refractivity contribution in [2.75, 3.05) is 25.4 Å². The summed E-state index contributed by atoms with van der Waals surface area (Å²) in [5.74, 6) is 0.221. The van der Waals surface area contributed by atoms with Crippen molar-refractivity contribution in [2.24, 2.45) is 0 Å². The second kappa shape index (κ2) is 5.05. The highest BCUT2D eigenvalue weighted by atomic mass is 16.3. The van der Waals surface area contributed by atoms with E-state index < -0.39 is 0 Å². The van der Waals surface area contributed by atoms with Gasteiger partial charge in [0.1, 0.15) is 5.75 Å². The number of aromatic hydroxyl groups is 1. The van der Waals surface area contributed by atoms with E-state index in [1.165, 1.54) is 0 Å². The summed E-state index contributed by atoms with van der Waals surface area (Å²) < 4.78 is 0. The van der Waals surface area contributed by atoms with Crippen molar-refractivity contribution >= 4 is 11.6 Å². The minimum Gasteiger partial charge on any atom is -0.506 e. The molecular weight excluding hydrogens is 218 g/mol. The fraction of sp³-hybridized carbons (Fsp3) is 0.417. The number of hydrogen-bond acceptors (Lipinski definition) is 4. The van der Waals surface area contributed by atoms with E-state index in [2.05, 4.69) is 10.2 Å². The van der Waals surface area contributed by atoms with E-state index in [4.69, 9.17) is 5.73 Å². The van der Waals surface area contributed by atoms with Gasteiger partial charge in [-0.3, -0.25) is 9.69 Å². The van der Waals surface area contributed by atoms with Gasteiger partial charge < -0.3 is 16.2 Å². The predicted molar refractivity (Wildman–Crippen MR) is 65.4 cm³/mol. The molecule has 0 unspecified atom stereocenters. The first-order valence-corrected chi connectivity index (χ1v) is 5.71. The number of amides is 1. The van der Waals surface area contributed by atoms with Gasteiger partial charge in [0.2, 0.25) is 5.91 Å². The lowest BCUT2D eigenvalue weighted by molar-refractivity contribution is -0.120. The second-order valence-corrected chi connectivity index (χ2v) is 4.27. The van der Waals surface area contributed by atoms with Gasteiger partial charge in [-0.2, -0.15) is 0 Å². The number of anilines is 1. The molecule has 0 atom stereocenters. The van der Waals surface area contributed by atoms with Crippen LogP contribution >= 0.6 is 0 Å². The highest BCUT2D eigenvalue weighted by molar-refractivity contribution is 5.76. The number of phenolic OH excluding ortho intramolecular Hbond substituents is 1. The molecule has 1 saturated heterocycles. The number of nitrogen functional groups attached to an aromatic ring is 1. The molecule has 17 heavy (non-hydrogen) atoms. The topological polar surface area (TPSA) is 78.6 Å². The standard InChI is InChI=1S/C12H17N3O2/c13-10-7-9(1-2-11(10)16)8-15-5-3-12(17)14-4-6-15/h1-2,7,16H,3-6,8,13H2,(H,14,17). The van der Waals surface area contributed by atoms with Crippen LogP contribution in [0.25, 0.3) is 0 Å². The molecular formula is C12H17N3O2. The lowest BCUT2D eigenvalue weighted by Gasteiger charge is -2.19. The van der Waals surface area contributed by atoms with Gasteiger partial charge in [0, 0.05) is 32.6 Å². The molecule has 0 spiro atoms. The first-order valence-electron chi connectivity index (χ1n) is 5.71. The third-order valence-corrected chi connectivity index (χ3v) is 2.90. The van der Waals surface area contributed by atoms with E-state index in [1.807, 2.05) is 6.07 Å². The smallest absolute Gasteiger partial charge is 0.221 e. The Bertz CT molecular complexity index is 420. The fourth-order valence-corrected chi connectivity index (χ4v) is 1.93. The van der Waals surface area contributed by atoms with Crippen LogP contribution in [0, 0.1) is 0 Å². The van der Waals surface area contributed by atoms with E-state index in [1.54, 1.807) is 12.1 Å². The molecule has 5 heteroatoms. The number of benzene rings is 1.